The summed E-state index contributed by atoms with van der Waals surface area (Å²) in [6.07, 6.45) is -4.95. The number of benzene rings is 7. The molecule has 7 heteroatoms. The van der Waals surface area contributed by atoms with Crippen LogP contribution in [0.1, 0.15) is 52.7 Å². The maximum absolute atomic E-state index is 14.4. The Morgan fingerprint density at radius 2 is 0.776 bits per heavy atom. The minimum Gasteiger partial charge on any atom is -0.406 e. The minimum absolute atomic E-state index is 0.116. The van der Waals surface area contributed by atoms with E-state index in [0.717, 1.165) is 56.1 Å². The molecular weight excluding hydrogens is 793 g/mol. The van der Waals surface area contributed by atoms with E-state index < -0.39 is 6.36 Å². The summed E-state index contributed by atoms with van der Waals surface area (Å²) < 4.78 is 48.7. The normalized spacial score (nSPS) is 12.0. The second-order valence-corrected chi connectivity index (χ2v) is 17.1. The molecule has 0 heterocycles. The van der Waals surface area contributed by atoms with Crippen molar-refractivity contribution in [1.29, 1.82) is 0 Å². The van der Waals surface area contributed by atoms with Crippen LogP contribution < -0.4 is 14.5 Å². The van der Waals surface area contributed by atoms with Crippen molar-refractivity contribution >= 4 is 50.1 Å². The van der Waals surface area contributed by atoms with Crippen LogP contribution in [0.25, 0.3) is 22.3 Å². The van der Waals surface area contributed by atoms with Crippen molar-refractivity contribution in [3.63, 3.8) is 0 Å². The van der Waals surface area contributed by atoms with Crippen LogP contribution in [0, 0.1) is 0 Å². The van der Waals surface area contributed by atoms with Crippen molar-refractivity contribution < 1.29 is 17.9 Å². The number of halogens is 4. The number of hydrogen-bond acceptors (Lipinski definition) is 3. The summed E-state index contributed by atoms with van der Waals surface area (Å²) in [6.45, 7) is 12.9. The Kier molecular flexibility index (Phi) is 11.3. The molecule has 0 spiro atoms. The first-order valence-corrected chi connectivity index (χ1v) is 20.1. The van der Waals surface area contributed by atoms with Gasteiger partial charge in [0.2, 0.25) is 0 Å². The van der Waals surface area contributed by atoms with Gasteiger partial charge in [0.05, 0.1) is 27.2 Å². The molecule has 0 atom stereocenters. The van der Waals surface area contributed by atoms with Gasteiger partial charge in [0.15, 0.2) is 0 Å². The second kappa shape index (κ2) is 16.2. The first-order valence-electron chi connectivity index (χ1n) is 19.3. The highest BCUT2D eigenvalue weighted by Gasteiger charge is 2.34. The van der Waals surface area contributed by atoms with E-state index in [1.807, 2.05) is 143 Å². The minimum atomic E-state index is -4.95. The lowest BCUT2D eigenvalue weighted by molar-refractivity contribution is -0.274. The smallest absolute Gasteiger partial charge is 0.406 e. The van der Waals surface area contributed by atoms with E-state index in [2.05, 4.69) is 81.7 Å². The SMILES string of the molecule is CC(C)(C)c1ccc(N(c2ccccc2-c2ccccc2)c2cc(OC(F)(F)F)cc(N(c3ccc(C(C)(C)C)cc3)c3ccccc3-c3ccccc3)c2Br)cc1. The molecule has 3 nitrogen and oxygen atoms in total. The van der Waals surface area contributed by atoms with E-state index >= 15 is 0 Å². The number of ether oxygens (including phenoxy) is 1. The summed E-state index contributed by atoms with van der Waals surface area (Å²) >= 11 is 4.02. The van der Waals surface area contributed by atoms with E-state index in [0.29, 0.717) is 15.8 Å². The Bertz CT molecular complexity index is 2320. The summed E-state index contributed by atoms with van der Waals surface area (Å²) in [5.41, 5.74) is 9.75. The lowest BCUT2D eigenvalue weighted by Crippen LogP contribution is -2.20. The van der Waals surface area contributed by atoms with Gasteiger partial charge in [-0.2, -0.15) is 0 Å². The van der Waals surface area contributed by atoms with Crippen molar-refractivity contribution in [1.82, 2.24) is 0 Å². The first kappa shape index (κ1) is 40.4. The van der Waals surface area contributed by atoms with Crippen LogP contribution in [0.5, 0.6) is 5.75 Å². The molecule has 0 amide bonds. The molecule has 7 aromatic rings. The highest BCUT2D eigenvalue weighted by molar-refractivity contribution is 9.10. The lowest BCUT2D eigenvalue weighted by Gasteiger charge is -2.34. The topological polar surface area (TPSA) is 15.7 Å². The fourth-order valence-corrected chi connectivity index (χ4v) is 7.77. The Labute approximate surface area is 348 Å². The molecule has 0 aliphatic rings. The van der Waals surface area contributed by atoms with E-state index in [1.54, 1.807) is 0 Å². The van der Waals surface area contributed by atoms with Crippen LogP contribution in [0.2, 0.25) is 0 Å². The van der Waals surface area contributed by atoms with Crippen molar-refractivity contribution in [2.45, 2.75) is 58.7 Å². The van der Waals surface area contributed by atoms with Gasteiger partial charge in [-0.05, 0) is 85.4 Å². The van der Waals surface area contributed by atoms with E-state index in [4.69, 9.17) is 4.74 Å². The largest absolute Gasteiger partial charge is 0.573 e. The van der Waals surface area contributed by atoms with Crippen molar-refractivity contribution in [2.24, 2.45) is 0 Å². The molecule has 0 fully saturated rings. The molecule has 0 radical (unpaired) electrons. The molecule has 7 aromatic carbocycles. The predicted octanol–water partition coefficient (Wildman–Crippen LogP) is 16.2. The molecule has 0 aromatic heterocycles. The maximum atomic E-state index is 14.4. The zero-order chi connectivity index (χ0) is 41.2. The molecule has 0 saturated heterocycles. The van der Waals surface area contributed by atoms with Crippen LogP contribution >= 0.6 is 15.9 Å². The monoisotopic (exact) mass is 838 g/mol. The van der Waals surface area contributed by atoms with Gasteiger partial charge in [0.25, 0.3) is 0 Å². The molecule has 58 heavy (non-hydrogen) atoms. The Morgan fingerprint density at radius 3 is 1.12 bits per heavy atom. The van der Waals surface area contributed by atoms with Crippen LogP contribution in [-0.4, -0.2) is 6.36 Å². The van der Waals surface area contributed by atoms with Crippen molar-refractivity contribution in [2.75, 3.05) is 9.80 Å². The van der Waals surface area contributed by atoms with Crippen molar-refractivity contribution in [3.8, 4) is 28.0 Å². The summed E-state index contributed by atoms with van der Waals surface area (Å²) in [5.74, 6) is -0.359. The molecule has 7 rings (SSSR count). The predicted molar refractivity (Wildman–Crippen MR) is 238 cm³/mol. The third-order valence-corrected chi connectivity index (χ3v) is 11.0. The highest BCUT2D eigenvalue weighted by atomic mass is 79.9. The standard InChI is InChI=1S/C51H46BrF3N2O/c1-49(2,3)37-25-29-39(30-26-37)56(44-23-15-13-21-42(44)35-17-9-7-10-18-35)46-33-41(58-51(53,54)55)34-47(48(46)52)57(40-31-27-38(28-32-40)50(4,5)6)45-24-16-14-22-43(45)36-19-11-8-12-20-36/h7-34H,1-6H3. The molecule has 0 aliphatic carbocycles. The zero-order valence-electron chi connectivity index (χ0n) is 33.5. The van der Waals surface area contributed by atoms with Crippen molar-refractivity contribution in [3.05, 3.63) is 185 Å². The van der Waals surface area contributed by atoms with Crippen LogP contribution in [0.15, 0.2) is 174 Å². The fourth-order valence-electron chi connectivity index (χ4n) is 7.18. The first-order chi connectivity index (χ1) is 27.6. The third-order valence-electron chi connectivity index (χ3n) is 10.2. The van der Waals surface area contributed by atoms with Gasteiger partial charge in [-0.3, -0.25) is 0 Å². The molecule has 0 N–H and O–H groups in total. The number of hydrogen-bond donors (Lipinski definition) is 0. The van der Waals surface area contributed by atoms with Crippen LogP contribution in [0.3, 0.4) is 0 Å². The second-order valence-electron chi connectivity index (χ2n) is 16.4. The quantitative estimate of drug-likeness (QED) is 0.144. The van der Waals surface area contributed by atoms with Gasteiger partial charge in [0.1, 0.15) is 5.75 Å². The number of nitrogens with zero attached hydrogens (tertiary/aromatic N) is 2. The van der Waals surface area contributed by atoms with Gasteiger partial charge in [-0.15, -0.1) is 13.2 Å². The lowest BCUT2D eigenvalue weighted by atomic mass is 9.87. The molecule has 294 valence electrons. The van der Waals surface area contributed by atoms with Gasteiger partial charge in [0, 0.05) is 34.6 Å². The van der Waals surface area contributed by atoms with Crippen LogP contribution in [0.4, 0.5) is 47.3 Å². The molecular formula is C51H46BrF3N2O. The molecule has 0 saturated carbocycles. The summed E-state index contributed by atoms with van der Waals surface area (Å²) in [5, 5.41) is 0. The third kappa shape index (κ3) is 8.85. The van der Waals surface area contributed by atoms with Gasteiger partial charge >= 0.3 is 6.36 Å². The number of rotatable bonds is 9. The van der Waals surface area contributed by atoms with Gasteiger partial charge in [-0.1, -0.05) is 163 Å². The van der Waals surface area contributed by atoms with Crippen LogP contribution in [-0.2, 0) is 10.8 Å². The maximum Gasteiger partial charge on any atom is 0.573 e. The average molecular weight is 840 g/mol. The number of anilines is 6. The highest BCUT2D eigenvalue weighted by Crippen LogP contribution is 2.52. The average Bonchev–Trinajstić information content (AvgIpc) is 3.20. The van der Waals surface area contributed by atoms with E-state index in [1.165, 1.54) is 12.1 Å². The Balaban J connectivity index is 1.56. The molecule has 0 unspecified atom stereocenters. The number of para-hydroxylation sites is 2. The summed E-state index contributed by atoms with van der Waals surface area (Å²) in [6, 6.07) is 55.2. The van der Waals surface area contributed by atoms with Gasteiger partial charge in [-0.25, -0.2) is 0 Å². The molecule has 0 bridgehead atoms. The summed E-state index contributed by atoms with van der Waals surface area (Å²) in [4.78, 5) is 4.02. The van der Waals surface area contributed by atoms with E-state index in [-0.39, 0.29) is 16.6 Å². The Morgan fingerprint density at radius 1 is 0.431 bits per heavy atom. The fraction of sp³-hybridized carbons (Fsp3) is 0.176. The summed E-state index contributed by atoms with van der Waals surface area (Å²) in [7, 11) is 0. The zero-order valence-corrected chi connectivity index (χ0v) is 35.1. The Hall–Kier alpha value is -5.79. The van der Waals surface area contributed by atoms with E-state index in [9.17, 15) is 13.2 Å². The number of alkyl halides is 3. The molecule has 0 aliphatic heterocycles. The van der Waals surface area contributed by atoms with Gasteiger partial charge < -0.3 is 14.5 Å².